The standard InChI is InChI=1S/C17H23N3O2/c1-4-22-16-8-6-5-7-13(16)11-18-17(21)15-10-14(19-20-15)9-12(2)3/h5-8,10,12H,4,9,11H2,1-3H3,(H,18,21)(H,19,20). The number of amides is 1. The van der Waals surface area contributed by atoms with Crippen LogP contribution >= 0.6 is 0 Å². The zero-order chi connectivity index (χ0) is 15.9. The molecule has 0 saturated heterocycles. The summed E-state index contributed by atoms with van der Waals surface area (Å²) in [5, 5.41) is 9.86. The largest absolute Gasteiger partial charge is 0.494 e. The van der Waals surface area contributed by atoms with E-state index in [9.17, 15) is 4.79 Å². The first kappa shape index (κ1) is 16.1. The molecule has 118 valence electrons. The summed E-state index contributed by atoms with van der Waals surface area (Å²) in [6.45, 7) is 7.22. The minimum absolute atomic E-state index is 0.183. The Labute approximate surface area is 131 Å². The molecule has 0 aliphatic rings. The number of hydrogen-bond donors (Lipinski definition) is 2. The fourth-order valence-electron chi connectivity index (χ4n) is 2.23. The lowest BCUT2D eigenvalue weighted by Gasteiger charge is -2.10. The number of H-pyrrole nitrogens is 1. The third-order valence-corrected chi connectivity index (χ3v) is 3.20. The number of para-hydroxylation sites is 1. The number of nitrogens with one attached hydrogen (secondary N) is 2. The molecule has 2 aromatic rings. The molecule has 22 heavy (non-hydrogen) atoms. The third kappa shape index (κ3) is 4.35. The number of hydrogen-bond acceptors (Lipinski definition) is 3. The quantitative estimate of drug-likeness (QED) is 0.826. The maximum Gasteiger partial charge on any atom is 0.272 e. The van der Waals surface area contributed by atoms with Crippen LogP contribution in [0.5, 0.6) is 5.75 Å². The number of benzene rings is 1. The van der Waals surface area contributed by atoms with Gasteiger partial charge in [-0.3, -0.25) is 9.89 Å². The highest BCUT2D eigenvalue weighted by atomic mass is 16.5. The molecule has 1 amide bonds. The molecule has 0 aliphatic heterocycles. The van der Waals surface area contributed by atoms with Crippen LogP contribution in [0.15, 0.2) is 30.3 Å². The van der Waals surface area contributed by atoms with Crippen LogP contribution < -0.4 is 10.1 Å². The van der Waals surface area contributed by atoms with E-state index in [-0.39, 0.29) is 5.91 Å². The minimum Gasteiger partial charge on any atom is -0.494 e. The summed E-state index contributed by atoms with van der Waals surface area (Å²) >= 11 is 0. The van der Waals surface area contributed by atoms with Crippen molar-refractivity contribution in [2.24, 2.45) is 5.92 Å². The van der Waals surface area contributed by atoms with Gasteiger partial charge < -0.3 is 10.1 Å². The second-order valence-electron chi connectivity index (χ2n) is 5.60. The summed E-state index contributed by atoms with van der Waals surface area (Å²) in [7, 11) is 0. The molecule has 0 saturated carbocycles. The van der Waals surface area contributed by atoms with Gasteiger partial charge in [0.15, 0.2) is 0 Å². The van der Waals surface area contributed by atoms with Gasteiger partial charge in [-0.15, -0.1) is 0 Å². The van der Waals surface area contributed by atoms with Crippen molar-refractivity contribution in [2.75, 3.05) is 6.61 Å². The van der Waals surface area contributed by atoms with E-state index in [2.05, 4.69) is 29.4 Å². The zero-order valence-corrected chi connectivity index (χ0v) is 13.3. The first-order valence-corrected chi connectivity index (χ1v) is 7.63. The SMILES string of the molecule is CCOc1ccccc1CNC(=O)c1cc(CC(C)C)[nH]n1. The van der Waals surface area contributed by atoms with E-state index in [1.165, 1.54) is 0 Å². The van der Waals surface area contributed by atoms with Gasteiger partial charge in [0.2, 0.25) is 0 Å². The average molecular weight is 301 g/mol. The van der Waals surface area contributed by atoms with Crippen molar-refractivity contribution in [1.82, 2.24) is 15.5 Å². The normalized spacial score (nSPS) is 10.7. The number of carbonyl (C=O) groups excluding carboxylic acids is 1. The van der Waals surface area contributed by atoms with Crippen LogP contribution in [0.2, 0.25) is 0 Å². The highest BCUT2D eigenvalue weighted by Gasteiger charge is 2.12. The molecule has 5 nitrogen and oxygen atoms in total. The number of aromatic nitrogens is 2. The Morgan fingerprint density at radius 3 is 2.86 bits per heavy atom. The van der Waals surface area contributed by atoms with E-state index in [1.807, 2.05) is 37.3 Å². The van der Waals surface area contributed by atoms with Crippen molar-refractivity contribution < 1.29 is 9.53 Å². The maximum atomic E-state index is 12.2. The van der Waals surface area contributed by atoms with Crippen LogP contribution in [0.3, 0.4) is 0 Å². The van der Waals surface area contributed by atoms with Crippen molar-refractivity contribution in [2.45, 2.75) is 33.7 Å². The van der Waals surface area contributed by atoms with Crippen LogP contribution in [0.25, 0.3) is 0 Å². The predicted molar refractivity (Wildman–Crippen MR) is 85.9 cm³/mol. The molecule has 1 aromatic carbocycles. The molecule has 2 rings (SSSR count). The number of rotatable bonds is 7. The van der Waals surface area contributed by atoms with E-state index in [1.54, 1.807) is 0 Å². The van der Waals surface area contributed by atoms with Crippen molar-refractivity contribution in [3.63, 3.8) is 0 Å². The fourth-order valence-corrected chi connectivity index (χ4v) is 2.23. The summed E-state index contributed by atoms with van der Waals surface area (Å²) < 4.78 is 5.55. The zero-order valence-electron chi connectivity index (χ0n) is 13.3. The lowest BCUT2D eigenvalue weighted by molar-refractivity contribution is 0.0945. The molecule has 1 aromatic heterocycles. The molecule has 0 atom stereocenters. The summed E-state index contributed by atoms with van der Waals surface area (Å²) in [4.78, 5) is 12.2. The fraction of sp³-hybridized carbons (Fsp3) is 0.412. The van der Waals surface area contributed by atoms with E-state index in [0.29, 0.717) is 24.8 Å². The van der Waals surface area contributed by atoms with Gasteiger partial charge in [-0.05, 0) is 31.4 Å². The molecule has 5 heteroatoms. The molecule has 0 bridgehead atoms. The Morgan fingerprint density at radius 2 is 2.14 bits per heavy atom. The lowest BCUT2D eigenvalue weighted by Crippen LogP contribution is -2.23. The number of nitrogens with zero attached hydrogens (tertiary/aromatic N) is 1. The minimum atomic E-state index is -0.183. The highest BCUT2D eigenvalue weighted by molar-refractivity contribution is 5.92. The Balaban J connectivity index is 1.96. The summed E-state index contributed by atoms with van der Waals surface area (Å²) in [6.07, 6.45) is 0.882. The van der Waals surface area contributed by atoms with Gasteiger partial charge in [-0.2, -0.15) is 5.10 Å². The second-order valence-corrected chi connectivity index (χ2v) is 5.60. The van der Waals surface area contributed by atoms with Crippen LogP contribution in [0.4, 0.5) is 0 Å². The van der Waals surface area contributed by atoms with E-state index < -0.39 is 0 Å². The van der Waals surface area contributed by atoms with Gasteiger partial charge in [0.25, 0.3) is 5.91 Å². The van der Waals surface area contributed by atoms with Gasteiger partial charge in [0.1, 0.15) is 11.4 Å². The van der Waals surface area contributed by atoms with Crippen LogP contribution in [0.1, 0.15) is 42.5 Å². The maximum absolute atomic E-state index is 12.2. The highest BCUT2D eigenvalue weighted by Crippen LogP contribution is 2.17. The topological polar surface area (TPSA) is 67.0 Å². The van der Waals surface area contributed by atoms with Crippen molar-refractivity contribution in [3.8, 4) is 5.75 Å². The molecule has 0 unspecified atom stereocenters. The second kappa shape index (κ2) is 7.64. The molecular formula is C17H23N3O2. The van der Waals surface area contributed by atoms with E-state index in [4.69, 9.17) is 4.74 Å². The monoisotopic (exact) mass is 301 g/mol. The Morgan fingerprint density at radius 1 is 1.36 bits per heavy atom. The van der Waals surface area contributed by atoms with Gasteiger partial charge in [0, 0.05) is 17.8 Å². The predicted octanol–water partition coefficient (Wildman–Crippen LogP) is 2.94. The van der Waals surface area contributed by atoms with Crippen molar-refractivity contribution in [1.29, 1.82) is 0 Å². The summed E-state index contributed by atoms with van der Waals surface area (Å²) in [6, 6.07) is 9.51. The molecular weight excluding hydrogens is 278 g/mol. The molecule has 2 N–H and O–H groups in total. The van der Waals surface area contributed by atoms with Crippen LogP contribution in [-0.2, 0) is 13.0 Å². The Hall–Kier alpha value is -2.30. The van der Waals surface area contributed by atoms with Crippen LogP contribution in [-0.4, -0.2) is 22.7 Å². The summed E-state index contributed by atoms with van der Waals surface area (Å²) in [5.41, 5.74) is 2.36. The van der Waals surface area contributed by atoms with Gasteiger partial charge in [0.05, 0.1) is 6.61 Å². The Kier molecular flexibility index (Phi) is 5.58. The Bertz CT molecular complexity index is 620. The molecule has 0 aliphatic carbocycles. The molecule has 0 spiro atoms. The van der Waals surface area contributed by atoms with Gasteiger partial charge >= 0.3 is 0 Å². The number of aromatic amines is 1. The smallest absolute Gasteiger partial charge is 0.272 e. The average Bonchev–Trinajstić information content (AvgIpc) is 2.94. The van der Waals surface area contributed by atoms with Crippen molar-refractivity contribution >= 4 is 5.91 Å². The van der Waals surface area contributed by atoms with Gasteiger partial charge in [-0.1, -0.05) is 32.0 Å². The first-order valence-electron chi connectivity index (χ1n) is 7.63. The van der Waals surface area contributed by atoms with Crippen molar-refractivity contribution in [3.05, 3.63) is 47.3 Å². The molecule has 1 heterocycles. The number of carbonyl (C=O) groups is 1. The first-order chi connectivity index (χ1) is 10.6. The van der Waals surface area contributed by atoms with E-state index in [0.717, 1.165) is 23.4 Å². The van der Waals surface area contributed by atoms with E-state index >= 15 is 0 Å². The number of ether oxygens (including phenoxy) is 1. The third-order valence-electron chi connectivity index (χ3n) is 3.20. The van der Waals surface area contributed by atoms with Crippen LogP contribution in [0, 0.1) is 5.92 Å². The lowest BCUT2D eigenvalue weighted by atomic mass is 10.1. The van der Waals surface area contributed by atoms with Gasteiger partial charge in [-0.25, -0.2) is 0 Å². The molecule has 0 fully saturated rings. The summed E-state index contributed by atoms with van der Waals surface area (Å²) in [5.74, 6) is 1.14. The molecule has 0 radical (unpaired) electrons.